The largest absolute Gasteiger partial charge is 0.393 e. The molecule has 4 nitrogen and oxygen atoms in total. The molecule has 1 heterocycles. The van der Waals surface area contributed by atoms with Crippen LogP contribution in [0.15, 0.2) is 0 Å². The maximum absolute atomic E-state index is 5.67. The molecule has 106 valence electrons. The lowest BCUT2D eigenvalue weighted by molar-refractivity contribution is 0.0922. The topological polar surface area (TPSA) is 35.7 Å². The molecule has 1 aliphatic heterocycles. The fraction of sp³-hybridized carbons (Fsp3) is 0.923. The van der Waals surface area contributed by atoms with Crippen molar-refractivity contribution < 1.29 is 0 Å². The van der Waals surface area contributed by atoms with Gasteiger partial charge in [0.2, 0.25) is 0 Å². The summed E-state index contributed by atoms with van der Waals surface area (Å²) in [5.41, 5.74) is 5.67. The number of hydrogen-bond acceptors (Lipinski definition) is 4. The zero-order valence-corrected chi connectivity index (χ0v) is 12.9. The molecule has 2 N–H and O–H groups in total. The van der Waals surface area contributed by atoms with Crippen LogP contribution in [0.5, 0.6) is 0 Å². The van der Waals surface area contributed by atoms with Crippen LogP contribution in [0.1, 0.15) is 19.8 Å². The SMILES string of the molecule is CCC(CC(N)=S)N1CCN(CCN(C)C)CC1. The van der Waals surface area contributed by atoms with Crippen LogP contribution < -0.4 is 5.73 Å². The van der Waals surface area contributed by atoms with Crippen molar-refractivity contribution in [3.63, 3.8) is 0 Å². The molecule has 0 amide bonds. The Hall–Kier alpha value is -0.230. The molecule has 1 aliphatic rings. The van der Waals surface area contributed by atoms with Gasteiger partial charge in [0.1, 0.15) is 0 Å². The summed E-state index contributed by atoms with van der Waals surface area (Å²) in [5.74, 6) is 0. The second-order valence-corrected chi connectivity index (χ2v) is 5.94. The van der Waals surface area contributed by atoms with Gasteiger partial charge >= 0.3 is 0 Å². The van der Waals surface area contributed by atoms with E-state index in [1.165, 1.54) is 19.6 Å². The summed E-state index contributed by atoms with van der Waals surface area (Å²) in [6.07, 6.45) is 2.00. The second kappa shape index (κ2) is 8.04. The monoisotopic (exact) mass is 272 g/mol. The molecule has 1 atom stereocenters. The average molecular weight is 272 g/mol. The van der Waals surface area contributed by atoms with Crippen molar-refractivity contribution in [3.8, 4) is 0 Å². The first kappa shape index (κ1) is 15.8. The van der Waals surface area contributed by atoms with E-state index in [0.29, 0.717) is 11.0 Å². The van der Waals surface area contributed by atoms with Crippen molar-refractivity contribution in [2.45, 2.75) is 25.8 Å². The van der Waals surface area contributed by atoms with Crippen LogP contribution in [0, 0.1) is 0 Å². The molecule has 0 bridgehead atoms. The Labute approximate surface area is 117 Å². The van der Waals surface area contributed by atoms with E-state index in [-0.39, 0.29) is 0 Å². The van der Waals surface area contributed by atoms with Crippen LogP contribution in [-0.4, -0.2) is 79.1 Å². The number of thiocarbonyl (C=S) groups is 1. The minimum absolute atomic E-state index is 0.540. The molecule has 18 heavy (non-hydrogen) atoms. The van der Waals surface area contributed by atoms with E-state index in [1.54, 1.807) is 0 Å². The summed E-state index contributed by atoms with van der Waals surface area (Å²) < 4.78 is 0. The first-order valence-corrected chi connectivity index (χ1v) is 7.33. The molecule has 0 aromatic carbocycles. The lowest BCUT2D eigenvalue weighted by atomic mass is 10.1. The van der Waals surface area contributed by atoms with Gasteiger partial charge in [-0.2, -0.15) is 0 Å². The number of hydrogen-bond donors (Lipinski definition) is 1. The van der Waals surface area contributed by atoms with Gasteiger partial charge in [0.25, 0.3) is 0 Å². The van der Waals surface area contributed by atoms with Gasteiger partial charge < -0.3 is 10.6 Å². The molecule has 1 rings (SSSR count). The van der Waals surface area contributed by atoms with Crippen molar-refractivity contribution in [2.75, 3.05) is 53.4 Å². The van der Waals surface area contributed by atoms with Gasteiger partial charge in [-0.25, -0.2) is 0 Å². The van der Waals surface area contributed by atoms with Gasteiger partial charge in [-0.15, -0.1) is 0 Å². The number of rotatable bonds is 7. The summed E-state index contributed by atoms with van der Waals surface area (Å²) in [5, 5.41) is 0. The fourth-order valence-corrected chi connectivity index (χ4v) is 2.65. The molecule has 1 unspecified atom stereocenters. The van der Waals surface area contributed by atoms with Crippen molar-refractivity contribution in [3.05, 3.63) is 0 Å². The minimum atomic E-state index is 0.540. The van der Waals surface area contributed by atoms with E-state index in [1.807, 2.05) is 0 Å². The summed E-state index contributed by atoms with van der Waals surface area (Å²) in [6, 6.07) is 0.540. The Morgan fingerprint density at radius 1 is 1.28 bits per heavy atom. The van der Waals surface area contributed by atoms with Crippen molar-refractivity contribution in [2.24, 2.45) is 5.73 Å². The first-order chi connectivity index (χ1) is 8.52. The molecule has 0 aromatic heterocycles. The Bertz CT molecular complexity index is 249. The molecular weight excluding hydrogens is 244 g/mol. The third-order valence-corrected chi connectivity index (χ3v) is 3.86. The predicted octanol–water partition coefficient (Wildman–Crippen LogP) is 0.620. The number of piperazine rings is 1. The maximum Gasteiger partial charge on any atom is 0.0743 e. The molecule has 0 spiro atoms. The Balaban J connectivity index is 2.30. The number of nitrogens with two attached hydrogens (primary N) is 1. The van der Waals surface area contributed by atoms with E-state index in [2.05, 4.69) is 35.7 Å². The summed E-state index contributed by atoms with van der Waals surface area (Å²) >= 11 is 5.04. The zero-order chi connectivity index (χ0) is 13.5. The van der Waals surface area contributed by atoms with E-state index >= 15 is 0 Å². The molecule has 0 saturated carbocycles. The first-order valence-electron chi connectivity index (χ1n) is 6.92. The fourth-order valence-electron chi connectivity index (χ4n) is 2.46. The highest BCUT2D eigenvalue weighted by Gasteiger charge is 2.22. The molecule has 5 heteroatoms. The quantitative estimate of drug-likeness (QED) is 0.688. The third-order valence-electron chi connectivity index (χ3n) is 3.69. The minimum Gasteiger partial charge on any atom is -0.393 e. The number of likely N-dealkylation sites (N-methyl/N-ethyl adjacent to an activating group) is 1. The molecule has 0 aliphatic carbocycles. The molecule has 0 aromatic rings. The smallest absolute Gasteiger partial charge is 0.0743 e. The molecular formula is C13H28N4S. The Morgan fingerprint density at radius 3 is 2.33 bits per heavy atom. The van der Waals surface area contributed by atoms with Crippen molar-refractivity contribution in [1.29, 1.82) is 0 Å². The van der Waals surface area contributed by atoms with Gasteiger partial charge in [0.15, 0.2) is 0 Å². The lowest BCUT2D eigenvalue weighted by Crippen LogP contribution is -2.51. The summed E-state index contributed by atoms with van der Waals surface area (Å²) in [7, 11) is 4.26. The highest BCUT2D eigenvalue weighted by molar-refractivity contribution is 7.80. The standard InChI is InChI=1S/C13H28N4S/c1-4-12(11-13(14)18)17-9-7-16(8-10-17)6-5-15(2)3/h12H,4-11H2,1-3H3,(H2,14,18). The second-order valence-electron chi connectivity index (χ2n) is 5.41. The van der Waals surface area contributed by atoms with E-state index in [9.17, 15) is 0 Å². The highest BCUT2D eigenvalue weighted by Crippen LogP contribution is 2.12. The van der Waals surface area contributed by atoms with E-state index in [4.69, 9.17) is 18.0 Å². The third kappa shape index (κ3) is 5.61. The zero-order valence-electron chi connectivity index (χ0n) is 12.1. The van der Waals surface area contributed by atoms with Gasteiger partial charge in [0.05, 0.1) is 4.99 Å². The van der Waals surface area contributed by atoms with Crippen LogP contribution in [0.25, 0.3) is 0 Å². The maximum atomic E-state index is 5.67. The van der Waals surface area contributed by atoms with Crippen LogP contribution in [0.3, 0.4) is 0 Å². The van der Waals surface area contributed by atoms with Crippen LogP contribution >= 0.6 is 12.2 Å². The molecule has 1 saturated heterocycles. The summed E-state index contributed by atoms with van der Waals surface area (Å²) in [6.45, 7) is 9.17. The van der Waals surface area contributed by atoms with Gasteiger partial charge in [0, 0.05) is 51.7 Å². The van der Waals surface area contributed by atoms with Crippen molar-refractivity contribution >= 4 is 17.2 Å². The van der Waals surface area contributed by atoms with E-state index in [0.717, 1.165) is 32.5 Å². The van der Waals surface area contributed by atoms with Gasteiger partial charge in [-0.05, 0) is 20.5 Å². The van der Waals surface area contributed by atoms with Crippen LogP contribution in [-0.2, 0) is 0 Å². The normalized spacial score (nSPS) is 20.2. The highest BCUT2D eigenvalue weighted by atomic mass is 32.1. The van der Waals surface area contributed by atoms with Crippen LogP contribution in [0.4, 0.5) is 0 Å². The number of nitrogens with zero attached hydrogens (tertiary/aromatic N) is 3. The predicted molar refractivity (Wildman–Crippen MR) is 82.0 cm³/mol. The molecule has 0 radical (unpaired) electrons. The average Bonchev–Trinajstić information content (AvgIpc) is 2.34. The Morgan fingerprint density at radius 2 is 1.89 bits per heavy atom. The van der Waals surface area contributed by atoms with Crippen LogP contribution in [0.2, 0.25) is 0 Å². The molecule has 1 fully saturated rings. The van der Waals surface area contributed by atoms with Gasteiger partial charge in [-0.3, -0.25) is 9.80 Å². The Kier molecular flexibility index (Phi) is 7.07. The van der Waals surface area contributed by atoms with Crippen molar-refractivity contribution in [1.82, 2.24) is 14.7 Å². The van der Waals surface area contributed by atoms with E-state index < -0.39 is 0 Å². The lowest BCUT2D eigenvalue weighted by Gasteiger charge is -2.39. The summed E-state index contributed by atoms with van der Waals surface area (Å²) in [4.78, 5) is 7.99. The van der Waals surface area contributed by atoms with Gasteiger partial charge in [-0.1, -0.05) is 19.1 Å².